The average Bonchev–Trinajstić information content (AvgIpc) is 2.81. The van der Waals surface area contributed by atoms with Gasteiger partial charge in [0.1, 0.15) is 0 Å². The van der Waals surface area contributed by atoms with E-state index in [4.69, 9.17) is 4.42 Å². The quantitative estimate of drug-likeness (QED) is 0.865. The van der Waals surface area contributed by atoms with Crippen LogP contribution in [0.15, 0.2) is 27.9 Å². The Hall–Kier alpha value is -0.890. The molecular weight excluding hydrogens is 268 g/mol. The van der Waals surface area contributed by atoms with Gasteiger partial charge in [0.05, 0.1) is 12.4 Å². The Balaban J connectivity index is 2.08. The maximum absolute atomic E-state index is 12.4. The van der Waals surface area contributed by atoms with Crippen molar-refractivity contribution in [2.45, 2.75) is 31.1 Å². The summed E-state index contributed by atoms with van der Waals surface area (Å²) < 4.78 is 31.2. The lowest BCUT2D eigenvalue weighted by Crippen LogP contribution is -2.54. The van der Waals surface area contributed by atoms with Crippen LogP contribution in [-0.4, -0.2) is 61.1 Å². The number of aliphatic hydroxyl groups is 1. The van der Waals surface area contributed by atoms with Gasteiger partial charge < -0.3 is 9.52 Å². The van der Waals surface area contributed by atoms with Crippen LogP contribution in [0, 0.1) is 0 Å². The SMILES string of the molecule is C[C@@H](O)CN1CCN(S(=O)(=O)c2ccco2)[C@@H](C)C1. The second-order valence-electron chi connectivity index (χ2n) is 5.01. The number of nitrogens with zero attached hydrogens (tertiary/aromatic N) is 2. The van der Waals surface area contributed by atoms with Gasteiger partial charge in [-0.2, -0.15) is 4.31 Å². The fourth-order valence-corrected chi connectivity index (χ4v) is 3.96. The highest BCUT2D eigenvalue weighted by atomic mass is 32.2. The molecule has 2 heterocycles. The molecule has 1 N–H and O–H groups in total. The summed E-state index contributed by atoms with van der Waals surface area (Å²) in [5, 5.41) is 9.37. The van der Waals surface area contributed by atoms with Crippen molar-refractivity contribution in [1.82, 2.24) is 9.21 Å². The first-order chi connectivity index (χ1) is 8.91. The number of rotatable bonds is 4. The number of hydrogen-bond acceptors (Lipinski definition) is 5. The second kappa shape index (κ2) is 5.62. The summed E-state index contributed by atoms with van der Waals surface area (Å²) in [5.41, 5.74) is 0. The number of sulfonamides is 1. The van der Waals surface area contributed by atoms with E-state index in [1.54, 1.807) is 13.0 Å². The van der Waals surface area contributed by atoms with Crippen molar-refractivity contribution in [3.8, 4) is 0 Å². The van der Waals surface area contributed by atoms with Gasteiger partial charge in [-0.05, 0) is 26.0 Å². The third kappa shape index (κ3) is 3.17. The van der Waals surface area contributed by atoms with Crippen molar-refractivity contribution in [3.05, 3.63) is 18.4 Å². The molecule has 2 rings (SSSR count). The largest absolute Gasteiger partial charge is 0.452 e. The van der Waals surface area contributed by atoms with Crippen molar-refractivity contribution in [2.24, 2.45) is 0 Å². The molecule has 0 spiro atoms. The van der Waals surface area contributed by atoms with Gasteiger partial charge in [0, 0.05) is 32.2 Å². The summed E-state index contributed by atoms with van der Waals surface area (Å²) in [6.07, 6.45) is 0.960. The minimum atomic E-state index is -3.54. The Morgan fingerprint density at radius 2 is 2.26 bits per heavy atom. The van der Waals surface area contributed by atoms with E-state index in [0.29, 0.717) is 26.2 Å². The van der Waals surface area contributed by atoms with Crippen LogP contribution in [0.4, 0.5) is 0 Å². The Morgan fingerprint density at radius 1 is 1.53 bits per heavy atom. The van der Waals surface area contributed by atoms with Crippen LogP contribution in [-0.2, 0) is 10.0 Å². The lowest BCUT2D eigenvalue weighted by molar-refractivity contribution is 0.0835. The Bertz CT molecular complexity index is 498. The zero-order chi connectivity index (χ0) is 14.0. The number of aliphatic hydroxyl groups excluding tert-OH is 1. The normalized spacial score (nSPS) is 24.5. The molecule has 0 bridgehead atoms. The maximum atomic E-state index is 12.4. The molecule has 6 nitrogen and oxygen atoms in total. The van der Waals surface area contributed by atoms with Crippen LogP contribution in [0.3, 0.4) is 0 Å². The van der Waals surface area contributed by atoms with Gasteiger partial charge in [-0.3, -0.25) is 4.90 Å². The summed E-state index contributed by atoms with van der Waals surface area (Å²) in [5.74, 6) is 0. The predicted octanol–water partition coefficient (Wildman–Crippen LogP) is 0.355. The minimum absolute atomic E-state index is 0.0108. The van der Waals surface area contributed by atoms with E-state index in [0.717, 1.165) is 0 Å². The van der Waals surface area contributed by atoms with Crippen LogP contribution in [0.2, 0.25) is 0 Å². The molecule has 0 aromatic carbocycles. The van der Waals surface area contributed by atoms with E-state index in [1.807, 2.05) is 6.92 Å². The summed E-state index contributed by atoms with van der Waals surface area (Å²) >= 11 is 0. The van der Waals surface area contributed by atoms with Crippen molar-refractivity contribution < 1.29 is 17.9 Å². The molecular formula is C12H20N2O4S. The van der Waals surface area contributed by atoms with Gasteiger partial charge in [0.15, 0.2) is 0 Å². The molecule has 19 heavy (non-hydrogen) atoms. The molecule has 0 amide bonds. The van der Waals surface area contributed by atoms with Gasteiger partial charge in [-0.15, -0.1) is 0 Å². The number of β-amino-alcohol motifs (C(OH)–C–C–N with tert-alkyl or cyclic N) is 1. The Morgan fingerprint density at radius 3 is 2.79 bits per heavy atom. The molecule has 108 valence electrons. The summed E-state index contributed by atoms with van der Waals surface area (Å²) in [7, 11) is -3.54. The monoisotopic (exact) mass is 288 g/mol. The van der Waals surface area contributed by atoms with Crippen molar-refractivity contribution in [1.29, 1.82) is 0 Å². The van der Waals surface area contributed by atoms with Crippen molar-refractivity contribution in [2.75, 3.05) is 26.2 Å². The average molecular weight is 288 g/mol. The second-order valence-corrected chi connectivity index (χ2v) is 6.83. The van der Waals surface area contributed by atoms with Gasteiger partial charge in [0.2, 0.25) is 5.09 Å². The molecule has 1 aromatic rings. The molecule has 2 atom stereocenters. The van der Waals surface area contributed by atoms with Crippen LogP contribution in [0.5, 0.6) is 0 Å². The molecule has 0 radical (unpaired) electrons. The number of hydrogen-bond donors (Lipinski definition) is 1. The Kier molecular flexibility index (Phi) is 4.29. The van der Waals surface area contributed by atoms with E-state index in [9.17, 15) is 13.5 Å². The first-order valence-electron chi connectivity index (χ1n) is 6.37. The third-order valence-corrected chi connectivity index (χ3v) is 5.13. The number of piperazine rings is 1. The standard InChI is InChI=1S/C12H20N2O4S/c1-10-8-13(9-11(2)15)5-6-14(10)19(16,17)12-4-3-7-18-12/h3-4,7,10-11,15H,5-6,8-9H2,1-2H3/t10-,11+/m0/s1. The zero-order valence-corrected chi connectivity index (χ0v) is 12.0. The van der Waals surface area contributed by atoms with E-state index >= 15 is 0 Å². The van der Waals surface area contributed by atoms with Crippen molar-refractivity contribution >= 4 is 10.0 Å². The third-order valence-electron chi connectivity index (χ3n) is 3.23. The molecule has 1 aliphatic rings. The molecule has 1 aromatic heterocycles. The van der Waals surface area contributed by atoms with Crippen LogP contribution in [0.25, 0.3) is 0 Å². The predicted molar refractivity (Wildman–Crippen MR) is 70.2 cm³/mol. The Labute approximate surface area is 113 Å². The topological polar surface area (TPSA) is 74.0 Å². The van der Waals surface area contributed by atoms with E-state index < -0.39 is 16.1 Å². The maximum Gasteiger partial charge on any atom is 0.276 e. The highest BCUT2D eigenvalue weighted by Crippen LogP contribution is 2.21. The molecule has 1 fully saturated rings. The van der Waals surface area contributed by atoms with Crippen LogP contribution >= 0.6 is 0 Å². The zero-order valence-electron chi connectivity index (χ0n) is 11.2. The van der Waals surface area contributed by atoms with E-state index in [-0.39, 0.29) is 11.1 Å². The van der Waals surface area contributed by atoms with Gasteiger partial charge in [-0.1, -0.05) is 0 Å². The minimum Gasteiger partial charge on any atom is -0.452 e. The molecule has 1 saturated heterocycles. The number of furan rings is 1. The summed E-state index contributed by atoms with van der Waals surface area (Å²) in [6.45, 7) is 5.82. The molecule has 0 aliphatic carbocycles. The molecule has 0 unspecified atom stereocenters. The fourth-order valence-electron chi connectivity index (χ4n) is 2.44. The summed E-state index contributed by atoms with van der Waals surface area (Å²) in [6, 6.07) is 2.90. The van der Waals surface area contributed by atoms with Crippen LogP contribution in [0.1, 0.15) is 13.8 Å². The van der Waals surface area contributed by atoms with Gasteiger partial charge >= 0.3 is 0 Å². The van der Waals surface area contributed by atoms with E-state index in [1.165, 1.54) is 16.6 Å². The molecule has 1 aliphatic heterocycles. The lowest BCUT2D eigenvalue weighted by Gasteiger charge is -2.38. The van der Waals surface area contributed by atoms with E-state index in [2.05, 4.69) is 4.90 Å². The van der Waals surface area contributed by atoms with Gasteiger partial charge in [0.25, 0.3) is 10.0 Å². The highest BCUT2D eigenvalue weighted by molar-refractivity contribution is 7.89. The smallest absolute Gasteiger partial charge is 0.276 e. The first kappa shape index (κ1) is 14.5. The fraction of sp³-hybridized carbons (Fsp3) is 0.667. The van der Waals surface area contributed by atoms with Crippen LogP contribution < -0.4 is 0 Å². The van der Waals surface area contributed by atoms with Crippen molar-refractivity contribution in [3.63, 3.8) is 0 Å². The van der Waals surface area contributed by atoms with Gasteiger partial charge in [-0.25, -0.2) is 8.42 Å². The summed E-state index contributed by atoms with van der Waals surface area (Å²) in [4.78, 5) is 2.07. The lowest BCUT2D eigenvalue weighted by atomic mass is 10.2. The molecule has 7 heteroatoms. The molecule has 0 saturated carbocycles. The highest BCUT2D eigenvalue weighted by Gasteiger charge is 2.35. The first-order valence-corrected chi connectivity index (χ1v) is 7.81.